The van der Waals surface area contributed by atoms with Gasteiger partial charge in [-0.25, -0.2) is 0 Å². The molecule has 0 saturated carbocycles. The molecule has 1 saturated heterocycles. The van der Waals surface area contributed by atoms with Gasteiger partial charge >= 0.3 is 0 Å². The van der Waals surface area contributed by atoms with Gasteiger partial charge in [0.2, 0.25) is 0 Å². The molecule has 26 heavy (non-hydrogen) atoms. The second-order valence-corrected chi connectivity index (χ2v) is 7.66. The number of benzene rings is 1. The first-order chi connectivity index (χ1) is 12.0. The van der Waals surface area contributed by atoms with Crippen molar-refractivity contribution in [1.82, 2.24) is 20.4 Å². The minimum absolute atomic E-state index is 0. The summed E-state index contributed by atoms with van der Waals surface area (Å²) in [6, 6.07) is 7.12. The normalized spacial score (nSPS) is 17.5. The molecule has 0 spiro atoms. The molecule has 1 aromatic rings. The molecule has 7 heteroatoms. The van der Waals surface area contributed by atoms with Gasteiger partial charge in [0, 0.05) is 57.3 Å². The molecule has 1 aliphatic heterocycles. The van der Waals surface area contributed by atoms with Gasteiger partial charge in [0.15, 0.2) is 5.96 Å². The van der Waals surface area contributed by atoms with Gasteiger partial charge in [0.25, 0.3) is 0 Å². The van der Waals surface area contributed by atoms with E-state index < -0.39 is 0 Å². The number of nitrogens with zero attached hydrogens (tertiary/aromatic N) is 3. The molecule has 0 aliphatic carbocycles. The first-order valence-corrected chi connectivity index (χ1v) is 10.3. The Morgan fingerprint density at radius 3 is 2.54 bits per heavy atom. The van der Waals surface area contributed by atoms with Crippen LogP contribution in [0, 0.1) is 6.92 Å². The topological polar surface area (TPSA) is 42.9 Å². The molecule has 0 amide bonds. The Hall–Kier alpha value is -0.510. The molecule has 1 fully saturated rings. The zero-order chi connectivity index (χ0) is 18.2. The number of halogens is 1. The number of thioether (sulfide) groups is 1. The van der Waals surface area contributed by atoms with Crippen LogP contribution in [0.25, 0.3) is 0 Å². The summed E-state index contributed by atoms with van der Waals surface area (Å²) in [5.41, 5.74) is 2.62. The van der Waals surface area contributed by atoms with Gasteiger partial charge in [-0.15, -0.1) is 35.7 Å². The molecule has 1 heterocycles. The molecule has 1 aromatic carbocycles. The second-order valence-electron chi connectivity index (χ2n) is 6.81. The third-order valence-electron chi connectivity index (χ3n) is 4.84. The van der Waals surface area contributed by atoms with Crippen LogP contribution in [0.15, 0.2) is 28.1 Å². The van der Waals surface area contributed by atoms with Crippen LogP contribution in [-0.4, -0.2) is 74.9 Å². The van der Waals surface area contributed by atoms with Crippen molar-refractivity contribution in [2.45, 2.75) is 31.3 Å². The zero-order valence-electron chi connectivity index (χ0n) is 16.7. The predicted molar refractivity (Wildman–Crippen MR) is 125 cm³/mol. The summed E-state index contributed by atoms with van der Waals surface area (Å²) in [4.78, 5) is 10.6. The highest BCUT2D eigenvalue weighted by atomic mass is 127. The molecule has 0 aromatic heterocycles. The van der Waals surface area contributed by atoms with Crippen LogP contribution in [0.1, 0.15) is 18.1 Å². The Bertz CT molecular complexity index is 573. The number of hydrogen-bond donors (Lipinski definition) is 2. The Labute approximate surface area is 180 Å². The number of aliphatic imine (C=N–C) groups is 1. The number of piperazine rings is 1. The van der Waals surface area contributed by atoms with Crippen molar-refractivity contribution < 1.29 is 0 Å². The Morgan fingerprint density at radius 1 is 1.23 bits per heavy atom. The van der Waals surface area contributed by atoms with Gasteiger partial charge in [-0.2, -0.15) is 0 Å². The molecule has 0 radical (unpaired) electrons. The highest BCUT2D eigenvalue weighted by molar-refractivity contribution is 14.0. The van der Waals surface area contributed by atoms with Gasteiger partial charge in [-0.3, -0.25) is 9.89 Å². The van der Waals surface area contributed by atoms with Gasteiger partial charge in [-0.05, 0) is 44.3 Å². The molecule has 1 atom stereocenters. The van der Waals surface area contributed by atoms with Gasteiger partial charge in [0.1, 0.15) is 0 Å². The molecule has 0 bridgehead atoms. The van der Waals surface area contributed by atoms with E-state index in [9.17, 15) is 0 Å². The van der Waals surface area contributed by atoms with E-state index in [2.05, 4.69) is 70.8 Å². The molecular weight excluding hydrogens is 457 g/mol. The third-order valence-corrected chi connectivity index (χ3v) is 5.66. The first-order valence-electron chi connectivity index (χ1n) is 9.04. The maximum absolute atomic E-state index is 4.37. The fraction of sp³-hybridized carbons (Fsp3) is 0.632. The summed E-state index contributed by atoms with van der Waals surface area (Å²) in [6.07, 6.45) is 2.13. The quantitative estimate of drug-likeness (QED) is 0.277. The summed E-state index contributed by atoms with van der Waals surface area (Å²) < 4.78 is 0. The summed E-state index contributed by atoms with van der Waals surface area (Å²) in [5, 5.41) is 6.92. The monoisotopic (exact) mass is 491 g/mol. The number of likely N-dealkylation sites (N-methyl/N-ethyl adjacent to an activating group) is 1. The Morgan fingerprint density at radius 2 is 1.92 bits per heavy atom. The van der Waals surface area contributed by atoms with Gasteiger partial charge in [0.05, 0.1) is 0 Å². The minimum atomic E-state index is 0. The van der Waals surface area contributed by atoms with Crippen molar-refractivity contribution in [1.29, 1.82) is 0 Å². The lowest BCUT2D eigenvalue weighted by Crippen LogP contribution is -2.52. The van der Waals surface area contributed by atoms with Crippen molar-refractivity contribution in [3.05, 3.63) is 29.3 Å². The number of aryl methyl sites for hydroxylation is 1. The average molecular weight is 491 g/mol. The van der Waals surface area contributed by atoms with Crippen LogP contribution in [0.5, 0.6) is 0 Å². The fourth-order valence-corrected chi connectivity index (χ4v) is 3.74. The number of nitrogens with one attached hydrogen (secondary N) is 2. The van der Waals surface area contributed by atoms with E-state index in [0.717, 1.165) is 45.2 Å². The second kappa shape index (κ2) is 12.0. The lowest BCUT2D eigenvalue weighted by molar-refractivity contribution is 0.120. The minimum Gasteiger partial charge on any atom is -0.355 e. The van der Waals surface area contributed by atoms with Crippen molar-refractivity contribution in [2.75, 3.05) is 53.1 Å². The van der Waals surface area contributed by atoms with E-state index in [0.29, 0.717) is 6.04 Å². The van der Waals surface area contributed by atoms with E-state index >= 15 is 0 Å². The van der Waals surface area contributed by atoms with Crippen LogP contribution in [0.4, 0.5) is 0 Å². The van der Waals surface area contributed by atoms with Crippen molar-refractivity contribution in [2.24, 2.45) is 4.99 Å². The van der Waals surface area contributed by atoms with Crippen LogP contribution < -0.4 is 10.6 Å². The lowest BCUT2D eigenvalue weighted by Gasteiger charge is -2.36. The predicted octanol–water partition coefficient (Wildman–Crippen LogP) is 2.64. The smallest absolute Gasteiger partial charge is 0.191 e. The van der Waals surface area contributed by atoms with Crippen molar-refractivity contribution in [3.8, 4) is 0 Å². The van der Waals surface area contributed by atoms with Crippen molar-refractivity contribution >= 4 is 41.7 Å². The maximum atomic E-state index is 4.37. The summed E-state index contributed by atoms with van der Waals surface area (Å²) >= 11 is 1.80. The Balaban J connectivity index is 0.00000338. The summed E-state index contributed by atoms with van der Waals surface area (Å²) in [7, 11) is 4.03. The number of guanidine groups is 1. The van der Waals surface area contributed by atoms with E-state index in [4.69, 9.17) is 0 Å². The van der Waals surface area contributed by atoms with Crippen LogP contribution in [0.3, 0.4) is 0 Å². The highest BCUT2D eigenvalue weighted by Crippen LogP contribution is 2.21. The van der Waals surface area contributed by atoms with Crippen LogP contribution in [0.2, 0.25) is 0 Å². The number of hydrogen-bond acceptors (Lipinski definition) is 4. The standard InChI is InChI=1S/C19H33N5S.HI/c1-15-6-7-17(18(12-15)25-5)14-22-19(20-3)21-13-16(2)24-10-8-23(4)9-11-24;/h6-7,12,16H,8-11,13-14H2,1-5H3,(H2,20,21,22);1H. The van der Waals surface area contributed by atoms with E-state index in [1.54, 1.807) is 11.8 Å². The molecular formula is C19H34IN5S. The van der Waals surface area contributed by atoms with E-state index in [1.165, 1.54) is 16.0 Å². The fourth-order valence-electron chi connectivity index (χ4n) is 3.03. The SMILES string of the molecule is CN=C(NCc1ccc(C)cc1SC)NCC(C)N1CCN(C)CC1.I. The first kappa shape index (κ1) is 23.5. The average Bonchev–Trinajstić information content (AvgIpc) is 2.63. The molecule has 148 valence electrons. The summed E-state index contributed by atoms with van der Waals surface area (Å²) in [5.74, 6) is 0.869. The molecule has 1 aliphatic rings. The zero-order valence-corrected chi connectivity index (χ0v) is 19.9. The Kier molecular flexibility index (Phi) is 10.9. The van der Waals surface area contributed by atoms with E-state index in [1.807, 2.05) is 7.05 Å². The van der Waals surface area contributed by atoms with Gasteiger partial charge < -0.3 is 15.5 Å². The molecule has 2 N–H and O–H groups in total. The summed E-state index contributed by atoms with van der Waals surface area (Å²) in [6.45, 7) is 10.7. The maximum Gasteiger partial charge on any atom is 0.191 e. The number of rotatable bonds is 6. The van der Waals surface area contributed by atoms with E-state index in [-0.39, 0.29) is 24.0 Å². The van der Waals surface area contributed by atoms with Crippen LogP contribution in [-0.2, 0) is 6.54 Å². The molecule has 5 nitrogen and oxygen atoms in total. The van der Waals surface area contributed by atoms with Crippen molar-refractivity contribution in [3.63, 3.8) is 0 Å². The molecule has 1 unspecified atom stereocenters. The lowest BCUT2D eigenvalue weighted by atomic mass is 10.1. The largest absolute Gasteiger partial charge is 0.355 e. The third kappa shape index (κ3) is 7.25. The van der Waals surface area contributed by atoms with Crippen LogP contribution >= 0.6 is 35.7 Å². The molecule has 2 rings (SSSR count). The van der Waals surface area contributed by atoms with Gasteiger partial charge in [-0.1, -0.05) is 12.1 Å². The highest BCUT2D eigenvalue weighted by Gasteiger charge is 2.19.